The first-order valence-electron chi connectivity index (χ1n) is 6.90. The summed E-state index contributed by atoms with van der Waals surface area (Å²) in [6.45, 7) is 3.73. The lowest BCUT2D eigenvalue weighted by Gasteiger charge is -2.34. The van der Waals surface area contributed by atoms with Crippen LogP contribution in [0.3, 0.4) is 0 Å². The highest BCUT2D eigenvalue weighted by Crippen LogP contribution is 2.37. The number of nitrogens with two attached hydrogens (primary N) is 1. The van der Waals surface area contributed by atoms with E-state index in [1.807, 2.05) is 13.8 Å². The van der Waals surface area contributed by atoms with Crippen LogP contribution in [0.2, 0.25) is 0 Å². The Balaban J connectivity index is 2.65. The van der Waals surface area contributed by atoms with Crippen molar-refractivity contribution < 1.29 is 18.0 Å². The highest BCUT2D eigenvalue weighted by atomic mass is 19.4. The number of carbonyl (C=O) groups is 1. The maximum Gasteiger partial charge on any atom is 0.393 e. The smallest absolute Gasteiger partial charge is 0.351 e. The van der Waals surface area contributed by atoms with E-state index in [1.54, 1.807) is 0 Å². The van der Waals surface area contributed by atoms with Gasteiger partial charge in [0, 0.05) is 6.04 Å². The highest BCUT2D eigenvalue weighted by molar-refractivity contribution is 5.82. The molecule has 112 valence electrons. The maximum absolute atomic E-state index is 12.9. The molecule has 6 heteroatoms. The standard InChI is InChI=1S/C13H23F3N2O/c1-3-8(2)11(17)12(19)18-10-7-5-4-6-9(10)13(14,15)16/h8-11H,3-7,17H2,1-2H3,(H,18,19)/t8?,9?,10?,11-/m0/s1. The zero-order valence-corrected chi connectivity index (χ0v) is 11.5. The quantitative estimate of drug-likeness (QED) is 0.831. The average Bonchev–Trinajstić information content (AvgIpc) is 2.36. The van der Waals surface area contributed by atoms with Gasteiger partial charge in [-0.1, -0.05) is 33.1 Å². The largest absolute Gasteiger partial charge is 0.393 e. The third-order valence-electron chi connectivity index (χ3n) is 4.07. The van der Waals surface area contributed by atoms with Gasteiger partial charge in [-0.3, -0.25) is 4.79 Å². The van der Waals surface area contributed by atoms with Crippen LogP contribution in [0.1, 0.15) is 46.0 Å². The molecule has 1 fully saturated rings. The second-order valence-corrected chi connectivity index (χ2v) is 5.46. The van der Waals surface area contributed by atoms with Crippen LogP contribution in [0.15, 0.2) is 0 Å². The molecule has 0 aromatic carbocycles. The van der Waals surface area contributed by atoms with Crippen LogP contribution < -0.4 is 11.1 Å². The number of alkyl halides is 3. The molecule has 0 aromatic rings. The summed E-state index contributed by atoms with van der Waals surface area (Å²) in [7, 11) is 0. The Morgan fingerprint density at radius 2 is 1.95 bits per heavy atom. The van der Waals surface area contributed by atoms with Crippen molar-refractivity contribution in [1.29, 1.82) is 0 Å². The SMILES string of the molecule is CCC(C)[C@H](N)C(=O)NC1CCCCC1C(F)(F)F. The lowest BCUT2D eigenvalue weighted by molar-refractivity contribution is -0.189. The van der Waals surface area contributed by atoms with Gasteiger partial charge in [0.15, 0.2) is 0 Å². The van der Waals surface area contributed by atoms with Gasteiger partial charge in [0.05, 0.1) is 12.0 Å². The first kappa shape index (κ1) is 16.3. The Morgan fingerprint density at radius 3 is 2.47 bits per heavy atom. The fourth-order valence-electron chi connectivity index (χ4n) is 2.49. The van der Waals surface area contributed by atoms with Gasteiger partial charge in [-0.25, -0.2) is 0 Å². The molecule has 3 unspecified atom stereocenters. The van der Waals surface area contributed by atoms with Crippen LogP contribution in [-0.2, 0) is 4.79 Å². The monoisotopic (exact) mass is 280 g/mol. The van der Waals surface area contributed by atoms with E-state index in [2.05, 4.69) is 5.32 Å². The third kappa shape index (κ3) is 4.37. The minimum Gasteiger partial charge on any atom is -0.351 e. The topological polar surface area (TPSA) is 55.1 Å². The van der Waals surface area contributed by atoms with Crippen molar-refractivity contribution in [1.82, 2.24) is 5.32 Å². The van der Waals surface area contributed by atoms with E-state index in [9.17, 15) is 18.0 Å². The molecule has 4 atom stereocenters. The third-order valence-corrected chi connectivity index (χ3v) is 4.07. The van der Waals surface area contributed by atoms with Crippen LogP contribution in [0.5, 0.6) is 0 Å². The van der Waals surface area contributed by atoms with E-state index in [4.69, 9.17) is 5.73 Å². The second kappa shape index (κ2) is 6.59. The Hall–Kier alpha value is -0.780. The predicted molar refractivity (Wildman–Crippen MR) is 67.4 cm³/mol. The molecule has 0 aliphatic heterocycles. The van der Waals surface area contributed by atoms with Crippen LogP contribution in [0.25, 0.3) is 0 Å². The number of halogens is 3. The zero-order valence-electron chi connectivity index (χ0n) is 11.5. The van der Waals surface area contributed by atoms with Gasteiger partial charge >= 0.3 is 6.18 Å². The van der Waals surface area contributed by atoms with E-state index in [0.29, 0.717) is 12.8 Å². The molecule has 0 radical (unpaired) electrons. The van der Waals surface area contributed by atoms with Gasteiger partial charge in [-0.2, -0.15) is 13.2 Å². The Bertz CT molecular complexity index is 307. The molecule has 0 spiro atoms. The Labute approximate surface area is 112 Å². The number of carbonyl (C=O) groups excluding carboxylic acids is 1. The van der Waals surface area contributed by atoms with Crippen molar-refractivity contribution in [3.8, 4) is 0 Å². The van der Waals surface area contributed by atoms with Crippen LogP contribution in [-0.4, -0.2) is 24.2 Å². The van der Waals surface area contributed by atoms with Gasteiger partial charge < -0.3 is 11.1 Å². The van der Waals surface area contributed by atoms with Crippen molar-refractivity contribution in [2.45, 2.75) is 64.2 Å². The summed E-state index contributed by atoms with van der Waals surface area (Å²) in [5.41, 5.74) is 5.75. The molecular formula is C13H23F3N2O. The summed E-state index contributed by atoms with van der Waals surface area (Å²) in [4.78, 5) is 11.9. The minimum absolute atomic E-state index is 0.0343. The Morgan fingerprint density at radius 1 is 1.37 bits per heavy atom. The molecular weight excluding hydrogens is 257 g/mol. The highest BCUT2D eigenvalue weighted by Gasteiger charge is 2.46. The van der Waals surface area contributed by atoms with Gasteiger partial charge in [-0.15, -0.1) is 0 Å². The number of hydrogen-bond donors (Lipinski definition) is 2. The number of nitrogens with one attached hydrogen (secondary N) is 1. The summed E-state index contributed by atoms with van der Waals surface area (Å²) in [6.07, 6.45) is -1.78. The molecule has 1 aliphatic carbocycles. The molecule has 1 amide bonds. The molecule has 19 heavy (non-hydrogen) atoms. The van der Waals surface area contributed by atoms with Crippen LogP contribution >= 0.6 is 0 Å². The summed E-state index contributed by atoms with van der Waals surface area (Å²) >= 11 is 0. The molecule has 0 bridgehead atoms. The first-order valence-corrected chi connectivity index (χ1v) is 6.90. The molecule has 1 aliphatic rings. The summed E-state index contributed by atoms with van der Waals surface area (Å²) in [6, 6.07) is -1.56. The van der Waals surface area contributed by atoms with E-state index in [0.717, 1.165) is 12.8 Å². The van der Waals surface area contributed by atoms with Crippen molar-refractivity contribution in [3.63, 3.8) is 0 Å². The lowest BCUT2D eigenvalue weighted by Crippen LogP contribution is -2.53. The predicted octanol–water partition coefficient (Wildman–Crippen LogP) is 2.60. The van der Waals surface area contributed by atoms with Crippen molar-refractivity contribution >= 4 is 5.91 Å². The van der Waals surface area contributed by atoms with Crippen molar-refractivity contribution in [2.24, 2.45) is 17.6 Å². The van der Waals surface area contributed by atoms with Gasteiger partial charge in [-0.05, 0) is 18.8 Å². The fourth-order valence-corrected chi connectivity index (χ4v) is 2.49. The number of rotatable bonds is 4. The second-order valence-electron chi connectivity index (χ2n) is 5.46. The maximum atomic E-state index is 12.9. The zero-order chi connectivity index (χ0) is 14.6. The van der Waals surface area contributed by atoms with Crippen molar-refractivity contribution in [2.75, 3.05) is 0 Å². The Kier molecular flexibility index (Phi) is 5.64. The average molecular weight is 280 g/mol. The summed E-state index contributed by atoms with van der Waals surface area (Å²) in [5, 5.41) is 2.51. The summed E-state index contributed by atoms with van der Waals surface area (Å²) < 4.78 is 38.7. The van der Waals surface area contributed by atoms with E-state index < -0.39 is 30.1 Å². The minimum atomic E-state index is -4.25. The molecule has 0 heterocycles. The molecule has 3 N–H and O–H groups in total. The van der Waals surface area contributed by atoms with Crippen molar-refractivity contribution in [3.05, 3.63) is 0 Å². The van der Waals surface area contributed by atoms with Crippen LogP contribution in [0.4, 0.5) is 13.2 Å². The normalized spacial score (nSPS) is 27.7. The molecule has 0 saturated heterocycles. The van der Waals surface area contributed by atoms with Gasteiger partial charge in [0.2, 0.25) is 5.91 Å². The molecule has 1 saturated carbocycles. The number of hydrogen-bond acceptors (Lipinski definition) is 2. The molecule has 3 nitrogen and oxygen atoms in total. The van der Waals surface area contributed by atoms with Gasteiger partial charge in [0.25, 0.3) is 0 Å². The van der Waals surface area contributed by atoms with E-state index in [-0.39, 0.29) is 12.3 Å². The lowest BCUT2D eigenvalue weighted by atomic mass is 9.83. The van der Waals surface area contributed by atoms with Gasteiger partial charge in [0.1, 0.15) is 0 Å². The summed E-state index contributed by atoms with van der Waals surface area (Å²) in [5.74, 6) is -1.93. The first-order chi connectivity index (χ1) is 8.77. The van der Waals surface area contributed by atoms with E-state index in [1.165, 1.54) is 0 Å². The number of amides is 1. The molecule has 1 rings (SSSR count). The van der Waals surface area contributed by atoms with E-state index >= 15 is 0 Å². The van der Waals surface area contributed by atoms with Crippen LogP contribution in [0, 0.1) is 11.8 Å². The fraction of sp³-hybridized carbons (Fsp3) is 0.923. The molecule has 0 aromatic heterocycles.